The molecule has 0 radical (unpaired) electrons. The van der Waals surface area contributed by atoms with Gasteiger partial charge in [0.1, 0.15) is 11.6 Å². The van der Waals surface area contributed by atoms with Crippen LogP contribution in [-0.4, -0.2) is 39.1 Å². The average Bonchev–Trinajstić information content (AvgIpc) is 2.89. The third-order valence-corrected chi connectivity index (χ3v) is 6.47. The molecule has 5 rings (SSSR count). The molecule has 4 heterocycles. The van der Waals surface area contributed by atoms with Crippen molar-refractivity contribution >= 4 is 28.4 Å². The zero-order valence-electron chi connectivity index (χ0n) is 19.1. The number of piperidine rings is 1. The average molecular weight is 454 g/mol. The zero-order valence-corrected chi connectivity index (χ0v) is 19.1. The van der Waals surface area contributed by atoms with Gasteiger partial charge in [0.15, 0.2) is 0 Å². The van der Waals surface area contributed by atoms with Gasteiger partial charge in [-0.1, -0.05) is 30.3 Å². The number of benzene rings is 1. The molecule has 0 bridgehead atoms. The lowest BCUT2D eigenvalue weighted by Crippen LogP contribution is -2.36. The number of fused-ring (bicyclic) bond motifs is 1. The molecular formula is C27H27N5O2. The second-order valence-corrected chi connectivity index (χ2v) is 8.73. The Morgan fingerprint density at radius 2 is 1.88 bits per heavy atom. The number of carbonyl (C=O) groups is 1. The van der Waals surface area contributed by atoms with E-state index in [9.17, 15) is 9.90 Å². The Morgan fingerprint density at radius 1 is 1.09 bits per heavy atom. The Hall–Kier alpha value is -4.00. The molecule has 7 heteroatoms. The summed E-state index contributed by atoms with van der Waals surface area (Å²) in [6.45, 7) is 3.45. The minimum Gasteiger partial charge on any atom is -0.481 e. The highest BCUT2D eigenvalue weighted by molar-refractivity contribution is 5.94. The second-order valence-electron chi connectivity index (χ2n) is 8.73. The Labute approximate surface area is 198 Å². The van der Waals surface area contributed by atoms with Gasteiger partial charge in [0.05, 0.1) is 11.6 Å². The van der Waals surface area contributed by atoms with Gasteiger partial charge in [0.25, 0.3) is 0 Å². The van der Waals surface area contributed by atoms with Crippen LogP contribution in [0.1, 0.15) is 31.4 Å². The van der Waals surface area contributed by atoms with Crippen molar-refractivity contribution in [2.24, 2.45) is 5.92 Å². The number of rotatable bonds is 6. The van der Waals surface area contributed by atoms with E-state index in [1.807, 2.05) is 42.6 Å². The van der Waals surface area contributed by atoms with Crippen molar-refractivity contribution in [3.05, 3.63) is 78.8 Å². The van der Waals surface area contributed by atoms with Crippen LogP contribution in [0.4, 0.5) is 11.6 Å². The van der Waals surface area contributed by atoms with Gasteiger partial charge in [-0.15, -0.1) is 0 Å². The lowest BCUT2D eigenvalue weighted by atomic mass is 9.97. The summed E-state index contributed by atoms with van der Waals surface area (Å²) >= 11 is 0. The number of nitrogens with zero attached hydrogens (tertiary/aromatic N) is 4. The van der Waals surface area contributed by atoms with Gasteiger partial charge in [0, 0.05) is 54.1 Å². The monoisotopic (exact) mass is 453 g/mol. The van der Waals surface area contributed by atoms with Crippen molar-refractivity contribution in [2.45, 2.75) is 25.8 Å². The van der Waals surface area contributed by atoms with E-state index in [0.29, 0.717) is 25.9 Å². The van der Waals surface area contributed by atoms with Gasteiger partial charge in [-0.2, -0.15) is 0 Å². The Bertz CT molecular complexity index is 1300. The fourth-order valence-electron chi connectivity index (χ4n) is 4.52. The molecule has 1 atom stereocenters. The number of aromatic nitrogens is 3. The summed E-state index contributed by atoms with van der Waals surface area (Å²) in [6.07, 6.45) is 6.66. The Balaban J connectivity index is 1.46. The number of hydrogen-bond acceptors (Lipinski definition) is 6. The number of hydrogen-bond donors (Lipinski definition) is 2. The maximum absolute atomic E-state index is 11.4. The van der Waals surface area contributed by atoms with Crippen molar-refractivity contribution < 1.29 is 9.90 Å². The van der Waals surface area contributed by atoms with E-state index in [1.54, 1.807) is 12.4 Å². The maximum atomic E-state index is 11.4. The van der Waals surface area contributed by atoms with Gasteiger partial charge in [-0.25, -0.2) is 9.97 Å². The molecule has 1 saturated heterocycles. The van der Waals surface area contributed by atoms with Gasteiger partial charge in [-0.3, -0.25) is 9.78 Å². The van der Waals surface area contributed by atoms with Crippen LogP contribution < -0.4 is 10.2 Å². The first-order valence-corrected chi connectivity index (χ1v) is 11.6. The predicted octanol–water partition coefficient (Wildman–Crippen LogP) is 5.17. The summed E-state index contributed by atoms with van der Waals surface area (Å²) in [4.78, 5) is 27.5. The van der Waals surface area contributed by atoms with Gasteiger partial charge in [-0.05, 0) is 49.6 Å². The van der Waals surface area contributed by atoms with Crippen LogP contribution in [0.15, 0.2) is 73.2 Å². The number of carboxylic acids is 1. The van der Waals surface area contributed by atoms with Crippen LogP contribution in [0.25, 0.3) is 22.0 Å². The molecule has 4 aromatic rings. The lowest BCUT2D eigenvalue weighted by Gasteiger charge is -2.32. The molecule has 2 N–H and O–H groups in total. The normalized spacial score (nSPS) is 15.3. The molecule has 7 nitrogen and oxygen atoms in total. The summed E-state index contributed by atoms with van der Waals surface area (Å²) in [5.74, 6) is 0.665. The molecule has 172 valence electrons. The number of aliphatic carboxylic acids is 1. The minimum atomic E-state index is -0.711. The SMILES string of the molecule is C[C@@H](Nc1cc(-c2cc3cnccc3c(N3CCC(C(=O)O)CC3)n2)ccn1)c1ccccc1. The minimum absolute atomic E-state index is 0.115. The molecule has 1 aliphatic heterocycles. The molecule has 1 aromatic carbocycles. The van der Waals surface area contributed by atoms with Gasteiger partial charge in [0.2, 0.25) is 0 Å². The van der Waals surface area contributed by atoms with Crippen molar-refractivity contribution in [1.29, 1.82) is 0 Å². The summed E-state index contributed by atoms with van der Waals surface area (Å²) in [6, 6.07) is 18.4. The van der Waals surface area contributed by atoms with E-state index in [1.165, 1.54) is 5.56 Å². The molecule has 0 spiro atoms. The number of carboxylic acid groups (broad SMARTS) is 1. The van der Waals surface area contributed by atoms with E-state index >= 15 is 0 Å². The number of pyridine rings is 3. The fraction of sp³-hybridized carbons (Fsp3) is 0.259. The van der Waals surface area contributed by atoms with Crippen LogP contribution in [0, 0.1) is 5.92 Å². The third-order valence-electron chi connectivity index (χ3n) is 6.47. The van der Waals surface area contributed by atoms with Gasteiger partial charge >= 0.3 is 5.97 Å². The van der Waals surface area contributed by atoms with Crippen LogP contribution in [0.5, 0.6) is 0 Å². The van der Waals surface area contributed by atoms with Crippen molar-refractivity contribution in [3.8, 4) is 11.3 Å². The number of anilines is 2. The third kappa shape index (κ3) is 4.55. The Morgan fingerprint density at radius 3 is 2.65 bits per heavy atom. The van der Waals surface area contributed by atoms with E-state index in [4.69, 9.17) is 4.98 Å². The second kappa shape index (κ2) is 9.47. The Kier molecular flexibility index (Phi) is 6.08. The molecule has 34 heavy (non-hydrogen) atoms. The van der Waals surface area contributed by atoms with Crippen molar-refractivity contribution in [1.82, 2.24) is 15.0 Å². The molecule has 0 amide bonds. The predicted molar refractivity (Wildman–Crippen MR) is 134 cm³/mol. The summed E-state index contributed by atoms with van der Waals surface area (Å²) in [5.41, 5.74) is 3.00. The highest BCUT2D eigenvalue weighted by Crippen LogP contribution is 2.32. The molecule has 1 aliphatic rings. The quantitative estimate of drug-likeness (QED) is 0.416. The topological polar surface area (TPSA) is 91.2 Å². The molecule has 0 aliphatic carbocycles. The first-order chi connectivity index (χ1) is 16.6. The molecule has 3 aromatic heterocycles. The lowest BCUT2D eigenvalue weighted by molar-refractivity contribution is -0.142. The van der Waals surface area contributed by atoms with E-state index in [2.05, 4.69) is 45.3 Å². The van der Waals surface area contributed by atoms with E-state index < -0.39 is 5.97 Å². The summed E-state index contributed by atoms with van der Waals surface area (Å²) in [5, 5.41) is 14.9. The van der Waals surface area contributed by atoms with Crippen LogP contribution in [0.3, 0.4) is 0 Å². The fourth-order valence-corrected chi connectivity index (χ4v) is 4.52. The highest BCUT2D eigenvalue weighted by atomic mass is 16.4. The standard InChI is InChI=1S/C27H27N5O2/c1-18(19-5-3-2-4-6-19)30-25-16-21(7-12-29-25)24-15-22-17-28-11-8-23(22)26(31-24)32-13-9-20(10-14-32)27(33)34/h2-8,11-12,15-18,20H,9-10,13-14H2,1H3,(H,29,30)(H,33,34)/t18-/m1/s1. The first-order valence-electron chi connectivity index (χ1n) is 11.6. The van der Waals surface area contributed by atoms with Gasteiger partial charge < -0.3 is 15.3 Å². The summed E-state index contributed by atoms with van der Waals surface area (Å²) < 4.78 is 0. The van der Waals surface area contributed by atoms with E-state index in [0.717, 1.165) is 33.7 Å². The van der Waals surface area contributed by atoms with Crippen molar-refractivity contribution in [2.75, 3.05) is 23.3 Å². The number of nitrogens with one attached hydrogen (secondary N) is 1. The first kappa shape index (κ1) is 21.8. The van der Waals surface area contributed by atoms with Crippen LogP contribution in [0.2, 0.25) is 0 Å². The molecule has 1 fully saturated rings. The smallest absolute Gasteiger partial charge is 0.306 e. The highest BCUT2D eigenvalue weighted by Gasteiger charge is 2.26. The molecular weight excluding hydrogens is 426 g/mol. The molecule has 0 unspecified atom stereocenters. The van der Waals surface area contributed by atoms with Crippen LogP contribution >= 0.6 is 0 Å². The van der Waals surface area contributed by atoms with Crippen LogP contribution in [-0.2, 0) is 4.79 Å². The van der Waals surface area contributed by atoms with Crippen molar-refractivity contribution in [3.63, 3.8) is 0 Å². The van der Waals surface area contributed by atoms with E-state index in [-0.39, 0.29) is 12.0 Å². The largest absolute Gasteiger partial charge is 0.481 e. The molecule has 0 saturated carbocycles. The summed E-state index contributed by atoms with van der Waals surface area (Å²) in [7, 11) is 0. The maximum Gasteiger partial charge on any atom is 0.306 e. The zero-order chi connectivity index (χ0) is 23.5.